The van der Waals surface area contributed by atoms with Crippen LogP contribution in [0.25, 0.3) is 11.4 Å². The van der Waals surface area contributed by atoms with Crippen LogP contribution in [-0.4, -0.2) is 57.3 Å². The van der Waals surface area contributed by atoms with Gasteiger partial charge in [0, 0.05) is 31.7 Å². The van der Waals surface area contributed by atoms with Crippen molar-refractivity contribution in [1.29, 1.82) is 0 Å². The van der Waals surface area contributed by atoms with Crippen molar-refractivity contribution in [3.05, 3.63) is 34.1 Å². The number of halogens is 2. The normalized spacial score (nSPS) is 16.5. The van der Waals surface area contributed by atoms with Gasteiger partial charge in [0.15, 0.2) is 5.82 Å². The topological polar surface area (TPSA) is 37.2 Å². The van der Waals surface area contributed by atoms with Gasteiger partial charge in [-0.15, -0.1) is 0 Å². The Bertz CT molecular complexity index is 736. The molecular weight excluding hydrogens is 369 g/mol. The van der Waals surface area contributed by atoms with E-state index in [-0.39, 0.29) is 0 Å². The van der Waals surface area contributed by atoms with Crippen molar-refractivity contribution in [2.75, 3.05) is 32.7 Å². The minimum atomic E-state index is 0.537. The van der Waals surface area contributed by atoms with Crippen molar-refractivity contribution in [3.63, 3.8) is 0 Å². The second-order valence-corrected chi connectivity index (χ2v) is 8.21. The summed E-state index contributed by atoms with van der Waals surface area (Å²) in [6.45, 7) is 12.8. The quantitative estimate of drug-likeness (QED) is 0.734. The molecule has 0 aliphatic carbocycles. The molecule has 0 unspecified atom stereocenters. The molecule has 26 heavy (non-hydrogen) atoms. The Labute approximate surface area is 165 Å². The maximum atomic E-state index is 6.18. The summed E-state index contributed by atoms with van der Waals surface area (Å²) in [6.07, 6.45) is 1.27. The van der Waals surface area contributed by atoms with E-state index in [1.807, 2.05) is 23.7 Å². The Morgan fingerprint density at radius 1 is 1.04 bits per heavy atom. The summed E-state index contributed by atoms with van der Waals surface area (Å²) in [6, 6.07) is 5.60. The smallest absolute Gasteiger partial charge is 0.159 e. The first kappa shape index (κ1) is 19.6. The highest BCUT2D eigenvalue weighted by Gasteiger charge is 2.19. The fourth-order valence-electron chi connectivity index (χ4n) is 3.19. The summed E-state index contributed by atoms with van der Waals surface area (Å²) < 4.78 is 1.97. The van der Waals surface area contributed by atoms with Crippen LogP contribution in [0.1, 0.15) is 26.1 Å². The highest BCUT2D eigenvalue weighted by atomic mass is 35.5. The first-order valence-corrected chi connectivity index (χ1v) is 9.99. The number of aryl methyl sites for hydroxylation is 1. The fraction of sp³-hybridized carbons (Fsp3) is 0.579. The Morgan fingerprint density at radius 3 is 2.38 bits per heavy atom. The average Bonchev–Trinajstić information content (AvgIpc) is 2.97. The van der Waals surface area contributed by atoms with E-state index >= 15 is 0 Å². The average molecular weight is 396 g/mol. The van der Waals surface area contributed by atoms with Crippen molar-refractivity contribution in [1.82, 2.24) is 24.6 Å². The van der Waals surface area contributed by atoms with Gasteiger partial charge in [0.05, 0.1) is 16.7 Å². The molecule has 0 N–H and O–H groups in total. The molecule has 0 amide bonds. The van der Waals surface area contributed by atoms with Gasteiger partial charge in [0.25, 0.3) is 0 Å². The van der Waals surface area contributed by atoms with Crippen LogP contribution in [0.2, 0.25) is 10.0 Å². The number of rotatable bonds is 6. The predicted octanol–water partition coefficient (Wildman–Crippen LogP) is 4.18. The molecule has 0 saturated carbocycles. The van der Waals surface area contributed by atoms with E-state index in [2.05, 4.69) is 33.7 Å². The SMILES string of the molecule is Cc1nc(-c2ccc(Cl)c(Cl)c2)n(CN2CCN(CCC(C)C)CC2)n1. The molecule has 1 aromatic carbocycles. The van der Waals surface area contributed by atoms with Crippen LogP contribution in [0.15, 0.2) is 18.2 Å². The molecule has 1 aromatic heterocycles. The number of piperazine rings is 1. The molecule has 1 fully saturated rings. The molecule has 3 rings (SSSR count). The van der Waals surface area contributed by atoms with Crippen molar-refractivity contribution in [2.45, 2.75) is 33.9 Å². The lowest BCUT2D eigenvalue weighted by Crippen LogP contribution is -2.47. The number of aromatic nitrogens is 3. The first-order chi connectivity index (χ1) is 12.4. The molecule has 0 radical (unpaired) electrons. The molecule has 0 atom stereocenters. The largest absolute Gasteiger partial charge is 0.301 e. The molecule has 1 aliphatic heterocycles. The molecule has 7 heteroatoms. The van der Waals surface area contributed by atoms with Crippen molar-refractivity contribution < 1.29 is 0 Å². The highest BCUT2D eigenvalue weighted by Crippen LogP contribution is 2.27. The Hall–Kier alpha value is -1.14. The second kappa shape index (κ2) is 8.70. The maximum absolute atomic E-state index is 6.18. The standard InChI is InChI=1S/C19H27Cl2N5/c1-14(2)6-7-24-8-10-25(11-9-24)13-26-19(22-15(3)23-26)16-4-5-17(20)18(21)12-16/h4-5,12,14H,6-11,13H2,1-3H3. The van der Waals surface area contributed by atoms with Gasteiger partial charge in [-0.3, -0.25) is 4.90 Å². The third-order valence-electron chi connectivity index (χ3n) is 4.78. The van der Waals surface area contributed by atoms with Gasteiger partial charge in [-0.1, -0.05) is 37.0 Å². The van der Waals surface area contributed by atoms with Crippen LogP contribution in [-0.2, 0) is 6.67 Å². The lowest BCUT2D eigenvalue weighted by molar-refractivity contribution is 0.100. The first-order valence-electron chi connectivity index (χ1n) is 9.24. The second-order valence-electron chi connectivity index (χ2n) is 7.39. The van der Waals surface area contributed by atoms with Crippen LogP contribution in [0, 0.1) is 12.8 Å². The van der Waals surface area contributed by atoms with Crippen molar-refractivity contribution in [2.24, 2.45) is 5.92 Å². The molecule has 0 spiro atoms. The summed E-state index contributed by atoms with van der Waals surface area (Å²) in [5, 5.41) is 5.67. The minimum Gasteiger partial charge on any atom is -0.301 e. The minimum absolute atomic E-state index is 0.537. The van der Waals surface area contributed by atoms with E-state index in [4.69, 9.17) is 23.2 Å². The summed E-state index contributed by atoms with van der Waals surface area (Å²) in [5.41, 5.74) is 0.940. The highest BCUT2D eigenvalue weighted by molar-refractivity contribution is 6.42. The van der Waals surface area contributed by atoms with E-state index in [1.165, 1.54) is 13.0 Å². The zero-order chi connectivity index (χ0) is 18.7. The number of nitrogens with zero attached hydrogens (tertiary/aromatic N) is 5. The van der Waals surface area contributed by atoms with Crippen LogP contribution < -0.4 is 0 Å². The lowest BCUT2D eigenvalue weighted by Gasteiger charge is -2.34. The monoisotopic (exact) mass is 395 g/mol. The third-order valence-corrected chi connectivity index (χ3v) is 5.52. The summed E-state index contributed by atoms with van der Waals surface area (Å²) >= 11 is 12.2. The Morgan fingerprint density at radius 2 is 1.73 bits per heavy atom. The number of benzene rings is 1. The van der Waals surface area contributed by atoms with Crippen LogP contribution in [0.4, 0.5) is 0 Å². The van der Waals surface area contributed by atoms with E-state index < -0.39 is 0 Å². The zero-order valence-electron chi connectivity index (χ0n) is 15.8. The molecule has 2 aromatic rings. The molecular formula is C19H27Cl2N5. The number of hydrogen-bond acceptors (Lipinski definition) is 4. The van der Waals surface area contributed by atoms with Gasteiger partial charge >= 0.3 is 0 Å². The summed E-state index contributed by atoms with van der Waals surface area (Å²) in [4.78, 5) is 9.58. The third kappa shape index (κ3) is 4.97. The Balaban J connectivity index is 1.65. The maximum Gasteiger partial charge on any atom is 0.159 e. The summed E-state index contributed by atoms with van der Waals surface area (Å²) in [7, 11) is 0. The lowest BCUT2D eigenvalue weighted by atomic mass is 10.1. The zero-order valence-corrected chi connectivity index (χ0v) is 17.3. The van der Waals surface area contributed by atoms with Crippen LogP contribution in [0.3, 0.4) is 0 Å². The molecule has 2 heterocycles. The van der Waals surface area contributed by atoms with Crippen LogP contribution in [0.5, 0.6) is 0 Å². The van der Waals surface area contributed by atoms with Gasteiger partial charge in [-0.05, 0) is 44.0 Å². The van der Waals surface area contributed by atoms with E-state index in [0.29, 0.717) is 10.0 Å². The van der Waals surface area contributed by atoms with E-state index in [1.54, 1.807) is 6.07 Å². The van der Waals surface area contributed by atoms with Gasteiger partial charge in [0.1, 0.15) is 5.82 Å². The molecule has 1 saturated heterocycles. The van der Waals surface area contributed by atoms with Crippen LogP contribution >= 0.6 is 23.2 Å². The number of hydrogen-bond donors (Lipinski definition) is 0. The molecule has 5 nitrogen and oxygen atoms in total. The van der Waals surface area contributed by atoms with Gasteiger partial charge in [0.2, 0.25) is 0 Å². The predicted molar refractivity (Wildman–Crippen MR) is 108 cm³/mol. The van der Waals surface area contributed by atoms with Crippen molar-refractivity contribution in [3.8, 4) is 11.4 Å². The van der Waals surface area contributed by atoms with E-state index in [0.717, 1.165) is 56.0 Å². The molecule has 1 aliphatic rings. The van der Waals surface area contributed by atoms with Crippen molar-refractivity contribution >= 4 is 23.2 Å². The van der Waals surface area contributed by atoms with Gasteiger partial charge in [-0.25, -0.2) is 9.67 Å². The van der Waals surface area contributed by atoms with E-state index in [9.17, 15) is 0 Å². The fourth-order valence-corrected chi connectivity index (χ4v) is 3.49. The molecule has 142 valence electrons. The Kier molecular flexibility index (Phi) is 6.56. The molecule has 0 bridgehead atoms. The van der Waals surface area contributed by atoms with Gasteiger partial charge < -0.3 is 4.90 Å². The summed E-state index contributed by atoms with van der Waals surface area (Å²) in [5.74, 6) is 2.37. The van der Waals surface area contributed by atoms with Gasteiger partial charge in [-0.2, -0.15) is 5.10 Å².